The van der Waals surface area contributed by atoms with Crippen LogP contribution in [-0.2, 0) is 4.79 Å². The molecule has 1 unspecified atom stereocenters. The van der Waals surface area contributed by atoms with Gasteiger partial charge in [-0.05, 0) is 69.2 Å². The van der Waals surface area contributed by atoms with E-state index < -0.39 is 0 Å². The van der Waals surface area contributed by atoms with Gasteiger partial charge in [0.25, 0.3) is 5.91 Å². The van der Waals surface area contributed by atoms with Gasteiger partial charge in [-0.1, -0.05) is 53.2 Å². The van der Waals surface area contributed by atoms with Crippen LogP contribution in [0.2, 0.25) is 5.02 Å². The van der Waals surface area contributed by atoms with Crippen molar-refractivity contribution in [3.63, 3.8) is 0 Å². The maximum atomic E-state index is 12.8. The maximum absolute atomic E-state index is 12.8. The number of rotatable bonds is 6. The molecule has 2 N–H and O–H groups in total. The Bertz CT molecular complexity index is 1380. The number of halogens is 1. The summed E-state index contributed by atoms with van der Waals surface area (Å²) in [5.41, 5.74) is 6.04. The van der Waals surface area contributed by atoms with E-state index in [0.29, 0.717) is 16.3 Å². The van der Waals surface area contributed by atoms with E-state index in [-0.39, 0.29) is 17.1 Å². The van der Waals surface area contributed by atoms with Crippen molar-refractivity contribution in [1.29, 1.82) is 0 Å². The van der Waals surface area contributed by atoms with Gasteiger partial charge in [-0.25, -0.2) is 4.98 Å². The summed E-state index contributed by atoms with van der Waals surface area (Å²) in [7, 11) is 0. The number of hydrogen-bond acceptors (Lipinski definition) is 5. The number of nitrogens with zero attached hydrogens (tertiary/aromatic N) is 1. The summed E-state index contributed by atoms with van der Waals surface area (Å²) >= 11 is 9.04. The molecular weight excluding hydrogens is 486 g/mol. The zero-order valence-electron chi connectivity index (χ0n) is 19.2. The molecule has 2 amide bonds. The first-order valence-corrected chi connectivity index (χ1v) is 12.8. The minimum atomic E-state index is -0.319. The van der Waals surface area contributed by atoms with Crippen LogP contribution in [0.4, 0.5) is 11.4 Å². The predicted molar refractivity (Wildman–Crippen MR) is 144 cm³/mol. The topological polar surface area (TPSA) is 71.1 Å². The summed E-state index contributed by atoms with van der Waals surface area (Å²) < 4.78 is 1.72. The molecule has 34 heavy (non-hydrogen) atoms. The third-order valence-electron chi connectivity index (χ3n) is 5.32. The van der Waals surface area contributed by atoms with Crippen LogP contribution in [0, 0.1) is 20.8 Å². The summed E-state index contributed by atoms with van der Waals surface area (Å²) in [4.78, 5) is 30.1. The van der Waals surface area contributed by atoms with Crippen molar-refractivity contribution in [2.24, 2.45) is 0 Å². The highest BCUT2D eigenvalue weighted by Gasteiger charge is 2.19. The Labute approximate surface area is 211 Å². The molecule has 174 valence electrons. The fourth-order valence-electron chi connectivity index (χ4n) is 3.68. The SMILES string of the molecule is Cc1cc(C)c(NC(=O)C(C)Sc2nc3ccc(NC(=O)c4ccccc4Cl)cc3s2)c(C)c1. The van der Waals surface area contributed by atoms with E-state index >= 15 is 0 Å². The van der Waals surface area contributed by atoms with Gasteiger partial charge in [-0.3, -0.25) is 9.59 Å². The molecule has 0 spiro atoms. The molecule has 8 heteroatoms. The lowest BCUT2D eigenvalue weighted by Gasteiger charge is -2.15. The van der Waals surface area contributed by atoms with Crippen LogP contribution in [0.15, 0.2) is 58.9 Å². The third kappa shape index (κ3) is 5.43. The molecular formula is C26H24ClN3O2S2. The molecule has 1 atom stereocenters. The first kappa shape index (κ1) is 24.3. The number of hydrogen-bond donors (Lipinski definition) is 2. The van der Waals surface area contributed by atoms with Gasteiger partial charge in [-0.2, -0.15) is 0 Å². The van der Waals surface area contributed by atoms with Gasteiger partial charge >= 0.3 is 0 Å². The Balaban J connectivity index is 1.45. The number of carbonyl (C=O) groups excluding carboxylic acids is 2. The van der Waals surface area contributed by atoms with Crippen LogP contribution in [-0.4, -0.2) is 22.0 Å². The second kappa shape index (κ2) is 10.2. The number of fused-ring (bicyclic) bond motifs is 1. The zero-order chi connectivity index (χ0) is 24.4. The molecule has 0 aliphatic carbocycles. The van der Waals surface area contributed by atoms with Gasteiger partial charge in [0.1, 0.15) is 0 Å². The number of carbonyl (C=O) groups is 2. The van der Waals surface area contributed by atoms with E-state index in [1.165, 1.54) is 28.7 Å². The molecule has 0 saturated heterocycles. The highest BCUT2D eigenvalue weighted by atomic mass is 35.5. The molecule has 1 heterocycles. The molecule has 3 aromatic carbocycles. The van der Waals surface area contributed by atoms with E-state index in [9.17, 15) is 9.59 Å². The molecule has 0 aliphatic rings. The van der Waals surface area contributed by atoms with Crippen molar-refractivity contribution >= 4 is 68.1 Å². The van der Waals surface area contributed by atoms with Gasteiger partial charge in [0.2, 0.25) is 5.91 Å². The Morgan fingerprint density at radius 3 is 2.41 bits per heavy atom. The van der Waals surface area contributed by atoms with Gasteiger partial charge in [-0.15, -0.1) is 11.3 Å². The molecule has 1 aromatic heterocycles. The van der Waals surface area contributed by atoms with E-state index in [2.05, 4.69) is 27.8 Å². The third-order valence-corrected chi connectivity index (χ3v) is 7.86. The summed E-state index contributed by atoms with van der Waals surface area (Å²) in [5, 5.41) is 6.04. The van der Waals surface area contributed by atoms with Crippen molar-refractivity contribution < 1.29 is 9.59 Å². The number of anilines is 2. The number of thioether (sulfide) groups is 1. The lowest BCUT2D eigenvalue weighted by atomic mass is 10.1. The van der Waals surface area contributed by atoms with Crippen LogP contribution in [0.25, 0.3) is 10.2 Å². The predicted octanol–water partition coefficient (Wildman–Crippen LogP) is 7.25. The number of nitrogens with one attached hydrogen (secondary N) is 2. The number of thiazole rings is 1. The van der Waals surface area contributed by atoms with Crippen LogP contribution >= 0.6 is 34.7 Å². The largest absolute Gasteiger partial charge is 0.325 e. The lowest BCUT2D eigenvalue weighted by molar-refractivity contribution is -0.115. The highest BCUT2D eigenvalue weighted by Crippen LogP contribution is 2.34. The fraction of sp³-hybridized carbons (Fsp3) is 0.192. The Morgan fingerprint density at radius 2 is 1.71 bits per heavy atom. The minimum absolute atomic E-state index is 0.0630. The van der Waals surface area contributed by atoms with Gasteiger partial charge in [0.05, 0.1) is 26.1 Å². The second-order valence-corrected chi connectivity index (χ2v) is 11.1. The van der Waals surface area contributed by atoms with Crippen molar-refractivity contribution in [3.05, 3.63) is 81.9 Å². The van der Waals surface area contributed by atoms with Crippen LogP contribution in [0.1, 0.15) is 34.0 Å². The van der Waals surface area contributed by atoms with Crippen LogP contribution < -0.4 is 10.6 Å². The monoisotopic (exact) mass is 509 g/mol. The van der Waals surface area contributed by atoms with Gasteiger partial charge in [0.15, 0.2) is 4.34 Å². The number of benzene rings is 3. The molecule has 5 nitrogen and oxygen atoms in total. The number of aryl methyl sites for hydroxylation is 3. The first-order valence-electron chi connectivity index (χ1n) is 10.7. The van der Waals surface area contributed by atoms with Crippen LogP contribution in [0.5, 0.6) is 0 Å². The van der Waals surface area contributed by atoms with E-state index in [1.54, 1.807) is 24.3 Å². The molecule has 0 radical (unpaired) electrons. The highest BCUT2D eigenvalue weighted by molar-refractivity contribution is 8.02. The average Bonchev–Trinajstić information content (AvgIpc) is 3.17. The summed E-state index contributed by atoms with van der Waals surface area (Å²) in [6.45, 7) is 7.93. The van der Waals surface area contributed by atoms with Crippen molar-refractivity contribution in [2.75, 3.05) is 10.6 Å². The standard InChI is InChI=1S/C26H24ClN3O2S2/c1-14-11-15(2)23(16(3)12-14)30-24(31)17(4)33-26-29-21-10-9-18(13-22(21)34-26)28-25(32)19-7-5-6-8-20(19)27/h5-13,17H,1-4H3,(H,28,32)(H,30,31). The first-order chi connectivity index (χ1) is 16.2. The van der Waals surface area contributed by atoms with E-state index in [1.807, 2.05) is 45.9 Å². The summed E-state index contributed by atoms with van der Waals surface area (Å²) in [5.74, 6) is -0.331. The number of aromatic nitrogens is 1. The smallest absolute Gasteiger partial charge is 0.257 e. The van der Waals surface area contributed by atoms with Gasteiger partial charge in [0, 0.05) is 11.4 Å². The van der Waals surface area contributed by atoms with Crippen LogP contribution in [0.3, 0.4) is 0 Å². The van der Waals surface area contributed by atoms with E-state index in [0.717, 1.165) is 31.4 Å². The average molecular weight is 510 g/mol. The molecule has 0 bridgehead atoms. The Hall–Kier alpha value is -2.87. The summed E-state index contributed by atoms with van der Waals surface area (Å²) in [6.07, 6.45) is 0. The Morgan fingerprint density at radius 1 is 1.00 bits per heavy atom. The maximum Gasteiger partial charge on any atom is 0.257 e. The molecule has 0 aliphatic heterocycles. The Kier molecular flexibility index (Phi) is 7.26. The molecule has 4 aromatic rings. The quantitative estimate of drug-likeness (QED) is 0.268. The minimum Gasteiger partial charge on any atom is -0.325 e. The van der Waals surface area contributed by atoms with Crippen molar-refractivity contribution in [3.8, 4) is 0 Å². The van der Waals surface area contributed by atoms with E-state index in [4.69, 9.17) is 11.6 Å². The molecule has 0 fully saturated rings. The zero-order valence-corrected chi connectivity index (χ0v) is 21.6. The molecule has 0 saturated carbocycles. The lowest BCUT2D eigenvalue weighted by Crippen LogP contribution is -2.23. The van der Waals surface area contributed by atoms with Crippen molar-refractivity contribution in [2.45, 2.75) is 37.3 Å². The number of amides is 2. The second-order valence-electron chi connectivity index (χ2n) is 8.12. The van der Waals surface area contributed by atoms with Gasteiger partial charge < -0.3 is 10.6 Å². The van der Waals surface area contributed by atoms with Crippen molar-refractivity contribution in [1.82, 2.24) is 4.98 Å². The summed E-state index contributed by atoms with van der Waals surface area (Å²) in [6, 6.07) is 16.6. The molecule has 4 rings (SSSR count). The normalized spacial score (nSPS) is 11.9. The fourth-order valence-corrected chi connectivity index (χ4v) is 6.15.